The summed E-state index contributed by atoms with van der Waals surface area (Å²) in [6.45, 7) is 6.17. The van der Waals surface area contributed by atoms with E-state index < -0.39 is 11.7 Å². The molecule has 0 saturated carbocycles. The van der Waals surface area contributed by atoms with Gasteiger partial charge in [0, 0.05) is 16.5 Å². The van der Waals surface area contributed by atoms with E-state index in [4.69, 9.17) is 26.3 Å². The molecule has 1 atom stereocenters. The van der Waals surface area contributed by atoms with E-state index in [1.165, 1.54) is 27.1 Å². The second-order valence-corrected chi connectivity index (χ2v) is 11.1. The lowest BCUT2D eigenvalue weighted by molar-refractivity contribution is -0.922. The van der Waals surface area contributed by atoms with Crippen molar-refractivity contribution in [3.63, 3.8) is 0 Å². The highest BCUT2D eigenvalue weighted by Crippen LogP contribution is 2.43. The maximum atomic E-state index is 13.1. The number of nitrogens with zero attached hydrogens (tertiary/aromatic N) is 3. The van der Waals surface area contributed by atoms with Crippen molar-refractivity contribution >= 4 is 44.9 Å². The Balaban J connectivity index is 1.55. The van der Waals surface area contributed by atoms with E-state index in [0.717, 1.165) is 78.9 Å². The molecule has 1 aliphatic heterocycles. The van der Waals surface area contributed by atoms with Gasteiger partial charge in [0.2, 0.25) is 0 Å². The first kappa shape index (κ1) is 23.3. The zero-order valence-electron chi connectivity index (χ0n) is 18.0. The minimum Gasteiger partial charge on any atom is -0.370 e. The number of quaternary nitrogens is 1. The number of pyridine rings is 1. The number of fused-ring (bicyclic) bond motifs is 3. The molecule has 1 aliphatic carbocycles. The first-order chi connectivity index (χ1) is 15.8. The molecule has 1 fully saturated rings. The Hall–Kier alpha value is -1.46. The van der Waals surface area contributed by atoms with Gasteiger partial charge in [0.1, 0.15) is 34.5 Å². The van der Waals surface area contributed by atoms with Gasteiger partial charge in [0.25, 0.3) is 0 Å². The van der Waals surface area contributed by atoms with Crippen LogP contribution in [-0.4, -0.2) is 41.3 Å². The molecular formula is C22H23ClF3N4OS2+. The zero-order valence-corrected chi connectivity index (χ0v) is 20.4. The molecule has 1 N–H and O–H groups in total. The first-order valence-corrected chi connectivity index (χ1v) is 12.9. The number of ether oxygens (including phenoxy) is 1. The summed E-state index contributed by atoms with van der Waals surface area (Å²) in [5, 5.41) is 2.02. The smallest absolute Gasteiger partial charge is 0.370 e. The van der Waals surface area contributed by atoms with Crippen LogP contribution in [0.2, 0.25) is 5.02 Å². The van der Waals surface area contributed by atoms with Crippen LogP contribution in [0.25, 0.3) is 10.2 Å². The number of rotatable bonds is 4. The summed E-state index contributed by atoms with van der Waals surface area (Å²) < 4.78 is 44.6. The number of hydrogen-bond donors (Lipinski definition) is 1. The topological polar surface area (TPSA) is 52.3 Å². The summed E-state index contributed by atoms with van der Waals surface area (Å²) in [4.78, 5) is 17.4. The van der Waals surface area contributed by atoms with Crippen molar-refractivity contribution in [2.45, 2.75) is 49.0 Å². The summed E-state index contributed by atoms with van der Waals surface area (Å²) >= 11 is 9.17. The molecule has 0 aromatic carbocycles. The van der Waals surface area contributed by atoms with Crippen LogP contribution in [0, 0.1) is 5.92 Å². The van der Waals surface area contributed by atoms with Gasteiger partial charge in [-0.1, -0.05) is 18.5 Å². The molecule has 5 rings (SSSR count). The molecule has 3 aromatic heterocycles. The summed E-state index contributed by atoms with van der Waals surface area (Å²) in [5.41, 5.74) is 0.409. The Bertz CT molecular complexity index is 1180. The van der Waals surface area contributed by atoms with E-state index in [0.29, 0.717) is 17.5 Å². The molecule has 0 unspecified atom stereocenters. The maximum absolute atomic E-state index is 13.1. The molecule has 0 spiro atoms. The minimum atomic E-state index is -4.49. The Morgan fingerprint density at radius 2 is 2.03 bits per heavy atom. The number of morpholine rings is 1. The Morgan fingerprint density at radius 3 is 2.76 bits per heavy atom. The van der Waals surface area contributed by atoms with Crippen LogP contribution in [0.4, 0.5) is 13.2 Å². The van der Waals surface area contributed by atoms with E-state index in [-0.39, 0.29) is 5.02 Å². The third kappa shape index (κ3) is 5.00. The van der Waals surface area contributed by atoms with Crippen LogP contribution in [0.1, 0.15) is 35.2 Å². The molecule has 0 amide bonds. The van der Waals surface area contributed by atoms with Crippen LogP contribution in [-0.2, 0) is 30.3 Å². The fourth-order valence-electron chi connectivity index (χ4n) is 4.31. The van der Waals surface area contributed by atoms with E-state index in [2.05, 4.69) is 11.9 Å². The summed E-state index contributed by atoms with van der Waals surface area (Å²) in [6, 6.07) is 0.929. The largest absolute Gasteiger partial charge is 0.417 e. The molecule has 33 heavy (non-hydrogen) atoms. The van der Waals surface area contributed by atoms with E-state index in [1.807, 2.05) is 0 Å². The van der Waals surface area contributed by atoms with Gasteiger partial charge in [-0.2, -0.15) is 13.2 Å². The van der Waals surface area contributed by atoms with Gasteiger partial charge >= 0.3 is 6.18 Å². The van der Waals surface area contributed by atoms with Gasteiger partial charge in [0.05, 0.1) is 23.8 Å². The predicted octanol–water partition coefficient (Wildman–Crippen LogP) is 4.45. The lowest BCUT2D eigenvalue weighted by Crippen LogP contribution is -3.12. The van der Waals surface area contributed by atoms with E-state index in [9.17, 15) is 13.2 Å². The van der Waals surface area contributed by atoms with Gasteiger partial charge in [-0.05, 0) is 48.6 Å². The highest BCUT2D eigenvalue weighted by atomic mass is 35.5. The number of hydrogen-bond acceptors (Lipinski definition) is 6. The standard InChI is InChI=1S/C22H22ClF3N4OS2/c1-12-2-3-14-16(8-12)32-20-18(14)21(29-17(28-20)11-30-4-6-31-7-5-30)33-19-15(23)9-13(10-27-19)22(24,25)26/h9-10,12H,2-8,11H2,1H3/p+1/t12-/m1/s1. The van der Waals surface area contributed by atoms with Gasteiger partial charge in [-0.15, -0.1) is 11.3 Å². The second-order valence-electron chi connectivity index (χ2n) is 8.63. The van der Waals surface area contributed by atoms with Crippen LogP contribution in [0.15, 0.2) is 22.3 Å². The summed E-state index contributed by atoms with van der Waals surface area (Å²) in [6.07, 6.45) is -0.587. The predicted molar refractivity (Wildman–Crippen MR) is 122 cm³/mol. The number of aromatic nitrogens is 3. The highest BCUT2D eigenvalue weighted by molar-refractivity contribution is 7.99. The first-order valence-electron chi connectivity index (χ1n) is 10.9. The maximum Gasteiger partial charge on any atom is 0.417 e. The lowest BCUT2D eigenvalue weighted by atomic mass is 9.89. The molecule has 0 radical (unpaired) electrons. The van der Waals surface area contributed by atoms with Crippen molar-refractivity contribution in [3.8, 4) is 0 Å². The highest BCUT2D eigenvalue weighted by Gasteiger charge is 2.32. The summed E-state index contributed by atoms with van der Waals surface area (Å²) in [5.74, 6) is 1.36. The van der Waals surface area contributed by atoms with Crippen molar-refractivity contribution in [3.05, 3.63) is 39.1 Å². The average Bonchev–Trinajstić information content (AvgIpc) is 3.12. The Kier molecular flexibility index (Phi) is 6.56. The van der Waals surface area contributed by atoms with Gasteiger partial charge < -0.3 is 9.64 Å². The van der Waals surface area contributed by atoms with Crippen molar-refractivity contribution in [2.75, 3.05) is 26.3 Å². The molecular weight excluding hydrogens is 493 g/mol. The second kappa shape index (κ2) is 9.30. The van der Waals surface area contributed by atoms with Crippen LogP contribution < -0.4 is 4.90 Å². The quantitative estimate of drug-likeness (QED) is 0.520. The Labute approximate surface area is 202 Å². The lowest BCUT2D eigenvalue weighted by Gasteiger charge is -2.23. The molecule has 3 aromatic rings. The van der Waals surface area contributed by atoms with E-state index in [1.54, 1.807) is 11.3 Å². The Morgan fingerprint density at radius 1 is 1.24 bits per heavy atom. The van der Waals surface area contributed by atoms with Gasteiger partial charge in [-0.25, -0.2) is 15.0 Å². The normalized spacial score (nSPS) is 19.7. The third-order valence-corrected chi connectivity index (χ3v) is 8.66. The fraction of sp³-hybridized carbons (Fsp3) is 0.500. The van der Waals surface area contributed by atoms with Crippen molar-refractivity contribution in [2.24, 2.45) is 5.92 Å². The molecule has 11 heteroatoms. The third-order valence-electron chi connectivity index (χ3n) is 6.10. The van der Waals surface area contributed by atoms with Gasteiger partial charge in [0.15, 0.2) is 5.82 Å². The minimum absolute atomic E-state index is 0.0281. The van der Waals surface area contributed by atoms with Crippen molar-refractivity contribution < 1.29 is 22.8 Å². The average molecular weight is 516 g/mol. The molecule has 1 saturated heterocycles. The van der Waals surface area contributed by atoms with Crippen LogP contribution >= 0.6 is 34.7 Å². The van der Waals surface area contributed by atoms with Gasteiger partial charge in [-0.3, -0.25) is 0 Å². The number of alkyl halides is 3. The number of nitrogens with one attached hydrogen (secondary N) is 1. The SMILES string of the molecule is C[C@@H]1CCc2c(sc3nc(C[NH+]4CCOCC4)nc(Sc4ncc(C(F)(F)F)cc4Cl)c23)C1. The number of aryl methyl sites for hydroxylation is 1. The van der Waals surface area contributed by atoms with E-state index >= 15 is 0 Å². The van der Waals surface area contributed by atoms with Crippen molar-refractivity contribution in [1.82, 2.24) is 15.0 Å². The molecule has 176 valence electrons. The van der Waals surface area contributed by atoms with Crippen LogP contribution in [0.5, 0.6) is 0 Å². The van der Waals surface area contributed by atoms with Crippen LogP contribution in [0.3, 0.4) is 0 Å². The number of halogens is 4. The van der Waals surface area contributed by atoms with Crippen molar-refractivity contribution in [1.29, 1.82) is 0 Å². The molecule has 5 nitrogen and oxygen atoms in total. The number of thiophene rings is 1. The fourth-order valence-corrected chi connectivity index (χ4v) is 6.98. The molecule has 4 heterocycles. The zero-order chi connectivity index (χ0) is 23.2. The molecule has 0 bridgehead atoms. The molecule has 2 aliphatic rings. The monoisotopic (exact) mass is 515 g/mol. The summed E-state index contributed by atoms with van der Waals surface area (Å²) in [7, 11) is 0.